The summed E-state index contributed by atoms with van der Waals surface area (Å²) in [7, 11) is 0. The number of carbonyl (C=O) groups excluding carboxylic acids is 3. The summed E-state index contributed by atoms with van der Waals surface area (Å²) in [6, 6.07) is 5.48. The highest BCUT2D eigenvalue weighted by atomic mass is 16.5. The molecule has 5 nitrogen and oxygen atoms in total. The molecular weight excluding hydrogens is 270 g/mol. The van der Waals surface area contributed by atoms with Gasteiger partial charge in [-0.1, -0.05) is 12.1 Å². The zero-order chi connectivity index (χ0) is 15.8. The number of benzene rings is 1. The number of hydrogen-bond donors (Lipinski definition) is 1. The maximum atomic E-state index is 12.0. The van der Waals surface area contributed by atoms with Gasteiger partial charge in [0.2, 0.25) is 5.91 Å². The molecule has 21 heavy (non-hydrogen) atoms. The second kappa shape index (κ2) is 8.19. The molecule has 0 aliphatic carbocycles. The summed E-state index contributed by atoms with van der Waals surface area (Å²) < 4.78 is 4.69. The van der Waals surface area contributed by atoms with Crippen LogP contribution in [0.25, 0.3) is 0 Å². The third-order valence-corrected chi connectivity index (χ3v) is 3.14. The van der Waals surface area contributed by atoms with Gasteiger partial charge in [-0.15, -0.1) is 0 Å². The smallest absolute Gasteiger partial charge is 0.325 e. The lowest BCUT2D eigenvalue weighted by Crippen LogP contribution is -2.30. The Bertz CT molecular complexity index is 537. The Hall–Kier alpha value is -2.17. The average Bonchev–Trinajstić information content (AvgIpc) is 2.45. The molecule has 1 N–H and O–H groups in total. The van der Waals surface area contributed by atoms with Gasteiger partial charge in [-0.25, -0.2) is 0 Å². The van der Waals surface area contributed by atoms with Gasteiger partial charge in [-0.3, -0.25) is 14.4 Å². The van der Waals surface area contributed by atoms with E-state index in [0.29, 0.717) is 5.56 Å². The number of carbonyl (C=O) groups is 3. The van der Waals surface area contributed by atoms with Crippen molar-refractivity contribution >= 4 is 17.7 Å². The predicted molar refractivity (Wildman–Crippen MR) is 79.1 cm³/mol. The zero-order valence-electron chi connectivity index (χ0n) is 12.7. The van der Waals surface area contributed by atoms with Gasteiger partial charge in [0.1, 0.15) is 6.54 Å². The molecule has 0 fully saturated rings. The van der Waals surface area contributed by atoms with E-state index < -0.39 is 5.97 Å². The minimum absolute atomic E-state index is 0.0607. The quantitative estimate of drug-likeness (QED) is 0.615. The molecule has 0 aliphatic heterocycles. The first kappa shape index (κ1) is 16.9. The lowest BCUT2D eigenvalue weighted by molar-refractivity contribution is -0.143. The Morgan fingerprint density at radius 1 is 1.10 bits per heavy atom. The highest BCUT2D eigenvalue weighted by Gasteiger charge is 2.11. The Labute approximate surface area is 124 Å². The molecule has 5 heteroatoms. The monoisotopic (exact) mass is 291 g/mol. The van der Waals surface area contributed by atoms with E-state index in [1.165, 1.54) is 0 Å². The molecule has 0 saturated carbocycles. The second-order valence-corrected chi connectivity index (χ2v) is 4.80. The summed E-state index contributed by atoms with van der Waals surface area (Å²) in [5.41, 5.74) is 2.78. The van der Waals surface area contributed by atoms with Crippen LogP contribution in [0.2, 0.25) is 0 Å². The predicted octanol–water partition coefficient (Wildman–Crippen LogP) is 1.95. The molecule has 1 aromatic rings. The van der Waals surface area contributed by atoms with Crippen molar-refractivity contribution in [3.8, 4) is 0 Å². The molecule has 0 atom stereocenters. The summed E-state index contributed by atoms with van der Waals surface area (Å²) >= 11 is 0. The number of esters is 1. The Kier molecular flexibility index (Phi) is 6.59. The van der Waals surface area contributed by atoms with Crippen molar-refractivity contribution in [2.24, 2.45) is 0 Å². The third-order valence-electron chi connectivity index (χ3n) is 3.14. The van der Waals surface area contributed by atoms with Crippen molar-refractivity contribution in [3.05, 3.63) is 34.9 Å². The summed E-state index contributed by atoms with van der Waals surface area (Å²) in [5.74, 6) is -0.893. The first-order valence-electron chi connectivity index (χ1n) is 6.96. The standard InChI is InChI=1S/C16H21NO4/c1-4-21-16(20)10-17-15(19)8-7-14(18)13-6-5-11(2)12(3)9-13/h5-6,9H,4,7-8,10H2,1-3H3,(H,17,19). The number of hydrogen-bond acceptors (Lipinski definition) is 4. The van der Waals surface area contributed by atoms with Crippen molar-refractivity contribution in [3.63, 3.8) is 0 Å². The molecule has 0 aliphatic rings. The molecule has 114 valence electrons. The maximum absolute atomic E-state index is 12.0. The molecular formula is C16H21NO4. The molecule has 1 rings (SSSR count). The lowest BCUT2D eigenvalue weighted by Gasteiger charge is -2.06. The first-order valence-corrected chi connectivity index (χ1v) is 6.96. The number of aryl methyl sites for hydroxylation is 2. The van der Waals surface area contributed by atoms with Crippen LogP contribution in [0.3, 0.4) is 0 Å². The van der Waals surface area contributed by atoms with Crippen molar-refractivity contribution in [1.29, 1.82) is 0 Å². The van der Waals surface area contributed by atoms with Crippen LogP contribution in [0.1, 0.15) is 41.3 Å². The zero-order valence-corrected chi connectivity index (χ0v) is 12.7. The van der Waals surface area contributed by atoms with Crippen LogP contribution in [0.4, 0.5) is 0 Å². The van der Waals surface area contributed by atoms with E-state index in [9.17, 15) is 14.4 Å². The van der Waals surface area contributed by atoms with Gasteiger partial charge in [-0.2, -0.15) is 0 Å². The van der Waals surface area contributed by atoms with Crippen molar-refractivity contribution in [1.82, 2.24) is 5.32 Å². The largest absolute Gasteiger partial charge is 0.465 e. The molecule has 0 bridgehead atoms. The minimum atomic E-state index is -0.480. The SMILES string of the molecule is CCOC(=O)CNC(=O)CCC(=O)c1ccc(C)c(C)c1. The summed E-state index contributed by atoms with van der Waals surface area (Å²) in [6.07, 6.45) is 0.183. The maximum Gasteiger partial charge on any atom is 0.325 e. The number of ether oxygens (including phenoxy) is 1. The van der Waals surface area contributed by atoms with Crippen LogP contribution in [0.15, 0.2) is 18.2 Å². The van der Waals surface area contributed by atoms with Gasteiger partial charge in [0.25, 0.3) is 0 Å². The fraction of sp³-hybridized carbons (Fsp3) is 0.438. The number of amides is 1. The highest BCUT2D eigenvalue weighted by molar-refractivity contribution is 5.98. The van der Waals surface area contributed by atoms with E-state index in [-0.39, 0.29) is 37.7 Å². The van der Waals surface area contributed by atoms with Crippen molar-refractivity contribution in [2.75, 3.05) is 13.2 Å². The van der Waals surface area contributed by atoms with Crippen molar-refractivity contribution in [2.45, 2.75) is 33.6 Å². The van der Waals surface area contributed by atoms with E-state index >= 15 is 0 Å². The van der Waals surface area contributed by atoms with E-state index in [4.69, 9.17) is 4.74 Å². The van der Waals surface area contributed by atoms with Crippen LogP contribution in [-0.2, 0) is 14.3 Å². The molecule has 0 radical (unpaired) electrons. The number of Topliss-reactive ketones (excluding diaryl/α,β-unsaturated/α-hetero) is 1. The van der Waals surface area contributed by atoms with E-state index in [2.05, 4.69) is 5.32 Å². The van der Waals surface area contributed by atoms with Gasteiger partial charge in [0.15, 0.2) is 5.78 Å². The van der Waals surface area contributed by atoms with E-state index in [1.807, 2.05) is 26.0 Å². The second-order valence-electron chi connectivity index (χ2n) is 4.80. The molecule has 0 aromatic heterocycles. The van der Waals surface area contributed by atoms with Gasteiger partial charge >= 0.3 is 5.97 Å². The van der Waals surface area contributed by atoms with Gasteiger partial charge in [0.05, 0.1) is 6.61 Å². The number of rotatable bonds is 7. The van der Waals surface area contributed by atoms with Crippen LogP contribution >= 0.6 is 0 Å². The first-order chi connectivity index (χ1) is 9.93. The van der Waals surface area contributed by atoms with Crippen LogP contribution < -0.4 is 5.32 Å². The highest BCUT2D eigenvalue weighted by Crippen LogP contribution is 2.12. The lowest BCUT2D eigenvalue weighted by atomic mass is 10.0. The summed E-state index contributed by atoms with van der Waals surface area (Å²) in [6.45, 7) is 5.73. The van der Waals surface area contributed by atoms with Crippen molar-refractivity contribution < 1.29 is 19.1 Å². The summed E-state index contributed by atoms with van der Waals surface area (Å²) in [4.78, 5) is 34.6. The minimum Gasteiger partial charge on any atom is -0.465 e. The van der Waals surface area contributed by atoms with Crippen LogP contribution in [-0.4, -0.2) is 30.8 Å². The topological polar surface area (TPSA) is 72.5 Å². The fourth-order valence-electron chi connectivity index (χ4n) is 1.76. The normalized spacial score (nSPS) is 10.0. The average molecular weight is 291 g/mol. The van der Waals surface area contributed by atoms with E-state index in [0.717, 1.165) is 11.1 Å². The third kappa shape index (κ3) is 5.77. The molecule has 0 saturated heterocycles. The molecule has 0 heterocycles. The molecule has 1 aromatic carbocycles. The number of ketones is 1. The molecule has 0 spiro atoms. The van der Waals surface area contributed by atoms with Crippen LogP contribution in [0, 0.1) is 13.8 Å². The Morgan fingerprint density at radius 3 is 2.43 bits per heavy atom. The molecule has 0 unspecified atom stereocenters. The molecule has 1 amide bonds. The summed E-state index contributed by atoms with van der Waals surface area (Å²) in [5, 5.41) is 2.43. The van der Waals surface area contributed by atoms with E-state index in [1.54, 1.807) is 13.0 Å². The van der Waals surface area contributed by atoms with Crippen LogP contribution in [0.5, 0.6) is 0 Å². The number of nitrogens with one attached hydrogen (secondary N) is 1. The van der Waals surface area contributed by atoms with Gasteiger partial charge in [0, 0.05) is 18.4 Å². The Balaban J connectivity index is 2.40. The van der Waals surface area contributed by atoms with Gasteiger partial charge in [-0.05, 0) is 38.0 Å². The van der Waals surface area contributed by atoms with Gasteiger partial charge < -0.3 is 10.1 Å². The fourth-order valence-corrected chi connectivity index (χ4v) is 1.76. The Morgan fingerprint density at radius 2 is 1.81 bits per heavy atom.